The van der Waals surface area contributed by atoms with Crippen LogP contribution in [0.5, 0.6) is 0 Å². The fraction of sp³-hybridized carbons (Fsp3) is 0.0645. The molecule has 32 heavy (non-hydrogen) atoms. The molecule has 0 aromatic heterocycles. The van der Waals surface area contributed by atoms with Crippen LogP contribution < -0.4 is 0 Å². The average Bonchev–Trinajstić information content (AvgIpc) is 2.85. The molecule has 0 aliphatic carbocycles. The molecule has 0 atom stereocenters. The average molecular weight is 414 g/mol. The number of nitrogens with zero attached hydrogens (tertiary/aromatic N) is 1. The minimum atomic E-state index is 0.977. The van der Waals surface area contributed by atoms with Gasteiger partial charge < -0.3 is 0 Å². The lowest BCUT2D eigenvalue weighted by Crippen LogP contribution is -2.04. The first-order valence-corrected chi connectivity index (χ1v) is 10.9. The minimum Gasteiger partial charge on any atom is -0.252 e. The molecule has 0 spiro atoms. The van der Waals surface area contributed by atoms with Crippen molar-refractivity contribution in [1.29, 1.82) is 0 Å². The van der Waals surface area contributed by atoms with Crippen LogP contribution in [0.4, 0.5) is 0 Å². The predicted octanol–water partition coefficient (Wildman–Crippen LogP) is 8.06. The van der Waals surface area contributed by atoms with E-state index < -0.39 is 0 Å². The third-order valence-electron chi connectivity index (χ3n) is 5.38. The SMILES string of the molecule is C/C(N=C(c1ccccc1)c1ccccc1)=C(\C(C)=C\c1ccccc1)c1ccccc1. The van der Waals surface area contributed by atoms with Gasteiger partial charge in [0.05, 0.1) is 5.71 Å². The van der Waals surface area contributed by atoms with Crippen LogP contribution in [0, 0.1) is 0 Å². The van der Waals surface area contributed by atoms with Crippen molar-refractivity contribution in [1.82, 2.24) is 0 Å². The highest BCUT2D eigenvalue weighted by atomic mass is 14.8. The Bertz CT molecular complexity index is 1190. The molecule has 0 heterocycles. The van der Waals surface area contributed by atoms with Crippen LogP contribution in [0.1, 0.15) is 36.1 Å². The molecule has 0 N–H and O–H groups in total. The van der Waals surface area contributed by atoms with Crippen LogP contribution in [0.2, 0.25) is 0 Å². The van der Waals surface area contributed by atoms with Crippen LogP contribution in [-0.4, -0.2) is 5.71 Å². The standard InChI is InChI=1S/C31H27N/c1-24(23-26-15-7-3-8-16-26)30(27-17-9-4-10-18-27)25(2)32-31(28-19-11-5-12-20-28)29-21-13-6-14-22-29/h3-23H,1-2H3/b24-23+,30-25-. The summed E-state index contributed by atoms with van der Waals surface area (Å²) in [7, 11) is 0. The van der Waals surface area contributed by atoms with E-state index in [0.29, 0.717) is 0 Å². The molecule has 0 aliphatic rings. The van der Waals surface area contributed by atoms with Crippen molar-refractivity contribution in [2.75, 3.05) is 0 Å². The van der Waals surface area contributed by atoms with Gasteiger partial charge in [0.1, 0.15) is 0 Å². The fourth-order valence-corrected chi connectivity index (χ4v) is 3.91. The summed E-state index contributed by atoms with van der Waals surface area (Å²) in [5, 5.41) is 0. The van der Waals surface area contributed by atoms with Gasteiger partial charge in [-0.3, -0.25) is 4.99 Å². The van der Waals surface area contributed by atoms with Crippen LogP contribution in [0.3, 0.4) is 0 Å². The van der Waals surface area contributed by atoms with Crippen molar-refractivity contribution in [3.8, 4) is 0 Å². The highest BCUT2D eigenvalue weighted by Gasteiger charge is 2.12. The monoisotopic (exact) mass is 413 g/mol. The minimum absolute atomic E-state index is 0.977. The van der Waals surface area contributed by atoms with E-state index in [9.17, 15) is 0 Å². The Hall–Kier alpha value is -3.97. The summed E-state index contributed by atoms with van der Waals surface area (Å²) in [6, 6.07) is 41.8. The van der Waals surface area contributed by atoms with Crippen molar-refractivity contribution in [3.05, 3.63) is 155 Å². The molecule has 1 nitrogen and oxygen atoms in total. The largest absolute Gasteiger partial charge is 0.252 e. The number of rotatable bonds is 6. The van der Waals surface area contributed by atoms with Gasteiger partial charge in [0.2, 0.25) is 0 Å². The molecule has 0 radical (unpaired) electrons. The van der Waals surface area contributed by atoms with Gasteiger partial charge in [-0.05, 0) is 30.5 Å². The smallest absolute Gasteiger partial charge is 0.0777 e. The molecule has 0 bridgehead atoms. The van der Waals surface area contributed by atoms with E-state index >= 15 is 0 Å². The van der Waals surface area contributed by atoms with Gasteiger partial charge in [0, 0.05) is 22.4 Å². The molecule has 0 aliphatic heterocycles. The Morgan fingerprint density at radius 3 is 1.41 bits per heavy atom. The van der Waals surface area contributed by atoms with E-state index in [1.165, 1.54) is 16.7 Å². The van der Waals surface area contributed by atoms with Crippen LogP contribution in [0.15, 0.2) is 138 Å². The Labute approximate surface area is 191 Å². The highest BCUT2D eigenvalue weighted by molar-refractivity contribution is 6.13. The topological polar surface area (TPSA) is 12.4 Å². The zero-order valence-electron chi connectivity index (χ0n) is 18.6. The van der Waals surface area contributed by atoms with E-state index in [1.54, 1.807) is 0 Å². The summed E-state index contributed by atoms with van der Waals surface area (Å²) in [4.78, 5) is 5.21. The van der Waals surface area contributed by atoms with Crippen molar-refractivity contribution in [2.24, 2.45) is 4.99 Å². The molecule has 156 valence electrons. The molecular weight excluding hydrogens is 386 g/mol. The third kappa shape index (κ3) is 5.19. The molecule has 0 amide bonds. The second-order valence-electron chi connectivity index (χ2n) is 7.76. The summed E-state index contributed by atoms with van der Waals surface area (Å²) in [6.07, 6.45) is 2.23. The Morgan fingerprint density at radius 1 is 0.531 bits per heavy atom. The van der Waals surface area contributed by atoms with Crippen molar-refractivity contribution in [2.45, 2.75) is 13.8 Å². The first-order chi connectivity index (χ1) is 15.7. The second-order valence-corrected chi connectivity index (χ2v) is 7.76. The summed E-state index contributed by atoms with van der Waals surface area (Å²) in [5.74, 6) is 0. The van der Waals surface area contributed by atoms with E-state index in [0.717, 1.165) is 28.1 Å². The third-order valence-corrected chi connectivity index (χ3v) is 5.38. The van der Waals surface area contributed by atoms with Gasteiger partial charge in [-0.25, -0.2) is 0 Å². The lowest BCUT2D eigenvalue weighted by atomic mass is 9.95. The molecule has 0 unspecified atom stereocenters. The maximum atomic E-state index is 5.21. The van der Waals surface area contributed by atoms with Gasteiger partial charge in [0.15, 0.2) is 0 Å². The van der Waals surface area contributed by atoms with E-state index in [4.69, 9.17) is 4.99 Å². The fourth-order valence-electron chi connectivity index (χ4n) is 3.91. The van der Waals surface area contributed by atoms with Gasteiger partial charge >= 0.3 is 0 Å². The first-order valence-electron chi connectivity index (χ1n) is 10.9. The van der Waals surface area contributed by atoms with Crippen LogP contribution >= 0.6 is 0 Å². The van der Waals surface area contributed by atoms with Crippen molar-refractivity contribution in [3.63, 3.8) is 0 Å². The summed E-state index contributed by atoms with van der Waals surface area (Å²) < 4.78 is 0. The number of allylic oxidation sites excluding steroid dienone is 3. The Kier molecular flexibility index (Phi) is 6.89. The Balaban J connectivity index is 1.91. The summed E-state index contributed by atoms with van der Waals surface area (Å²) in [6.45, 7) is 4.27. The van der Waals surface area contributed by atoms with Gasteiger partial charge in [-0.2, -0.15) is 0 Å². The van der Waals surface area contributed by atoms with E-state index in [2.05, 4.69) is 123 Å². The van der Waals surface area contributed by atoms with Crippen molar-refractivity contribution < 1.29 is 0 Å². The zero-order chi connectivity index (χ0) is 22.2. The molecular formula is C31H27N. The molecule has 4 aromatic rings. The van der Waals surface area contributed by atoms with Gasteiger partial charge in [-0.15, -0.1) is 0 Å². The van der Waals surface area contributed by atoms with Crippen LogP contribution in [-0.2, 0) is 0 Å². The second kappa shape index (κ2) is 10.4. The van der Waals surface area contributed by atoms with E-state index in [-0.39, 0.29) is 0 Å². The number of hydrogen-bond acceptors (Lipinski definition) is 1. The zero-order valence-corrected chi connectivity index (χ0v) is 18.6. The normalized spacial score (nSPS) is 12.1. The first kappa shape index (κ1) is 21.3. The summed E-state index contributed by atoms with van der Waals surface area (Å²) >= 11 is 0. The number of aliphatic imine (C=N–C) groups is 1. The molecule has 1 heteroatoms. The van der Waals surface area contributed by atoms with E-state index in [1.807, 2.05) is 18.2 Å². The van der Waals surface area contributed by atoms with Gasteiger partial charge in [-0.1, -0.05) is 127 Å². The van der Waals surface area contributed by atoms with Crippen molar-refractivity contribution >= 4 is 17.4 Å². The maximum absolute atomic E-state index is 5.21. The summed E-state index contributed by atoms with van der Waals surface area (Å²) in [5.41, 5.74) is 8.86. The molecule has 4 aromatic carbocycles. The predicted molar refractivity (Wildman–Crippen MR) is 138 cm³/mol. The molecule has 0 saturated heterocycles. The molecule has 4 rings (SSSR count). The lowest BCUT2D eigenvalue weighted by molar-refractivity contribution is 1.28. The number of hydrogen-bond donors (Lipinski definition) is 0. The molecule has 0 saturated carbocycles. The Morgan fingerprint density at radius 2 is 0.938 bits per heavy atom. The van der Waals surface area contributed by atoms with Crippen LogP contribution in [0.25, 0.3) is 11.6 Å². The lowest BCUT2D eigenvalue weighted by Gasteiger charge is -2.14. The maximum Gasteiger partial charge on any atom is 0.0777 e. The van der Waals surface area contributed by atoms with Gasteiger partial charge in [0.25, 0.3) is 0 Å². The number of benzene rings is 4. The molecule has 0 fully saturated rings. The quantitative estimate of drug-likeness (QED) is 0.224. The highest BCUT2D eigenvalue weighted by Crippen LogP contribution is 2.29.